The van der Waals surface area contributed by atoms with E-state index in [0.29, 0.717) is 5.82 Å². The number of aromatic nitrogens is 1. The summed E-state index contributed by atoms with van der Waals surface area (Å²) in [6.07, 6.45) is 0.929. The molecule has 2 fully saturated rings. The van der Waals surface area contributed by atoms with Crippen molar-refractivity contribution in [1.29, 1.82) is 0 Å². The Morgan fingerprint density at radius 3 is 2.78 bits per heavy atom. The van der Waals surface area contributed by atoms with Crippen LogP contribution >= 0.6 is 23.2 Å². The molecule has 8 nitrogen and oxygen atoms in total. The second-order valence-corrected chi connectivity index (χ2v) is 10.6. The highest BCUT2D eigenvalue weighted by molar-refractivity contribution is 6.38. The summed E-state index contributed by atoms with van der Waals surface area (Å²) in [6, 6.07) is 11.0. The van der Waals surface area contributed by atoms with E-state index < -0.39 is 53.8 Å². The number of benzene rings is 2. The summed E-state index contributed by atoms with van der Waals surface area (Å²) in [6.45, 7) is -0.810. The zero-order valence-corrected chi connectivity index (χ0v) is 20.3. The van der Waals surface area contributed by atoms with Crippen LogP contribution in [0.2, 0.25) is 10.0 Å². The third-order valence-corrected chi connectivity index (χ3v) is 8.44. The zero-order chi connectivity index (χ0) is 25.9. The average molecular weight is 544 g/mol. The summed E-state index contributed by atoms with van der Waals surface area (Å²) in [7, 11) is 0. The Hall–Kier alpha value is -3.34. The van der Waals surface area contributed by atoms with Crippen molar-refractivity contribution in [3.05, 3.63) is 64.3 Å². The number of hydrogen-bond acceptors (Lipinski definition) is 6. The van der Waals surface area contributed by atoms with Crippen LogP contribution in [0.3, 0.4) is 0 Å². The zero-order valence-electron chi connectivity index (χ0n) is 18.8. The normalized spacial score (nSPS) is 30.9. The SMILES string of the molecule is O=C(O)[C@H]1[C@]2(N=C2Nc2nccc3ccccc23)[C@H]2CC(F)(F)CN2[C@]12C(=O)Nc1c(Cl)cc(Cl)cc12. The van der Waals surface area contributed by atoms with Gasteiger partial charge in [-0.05, 0) is 23.6 Å². The molecule has 5 heterocycles. The Morgan fingerprint density at radius 1 is 1.22 bits per heavy atom. The number of nitrogens with one attached hydrogen (secondary N) is 2. The molecule has 0 radical (unpaired) electrons. The predicted molar refractivity (Wildman–Crippen MR) is 133 cm³/mol. The first-order valence-electron chi connectivity index (χ1n) is 11.5. The van der Waals surface area contributed by atoms with Crippen LogP contribution in [0.15, 0.2) is 53.7 Å². The van der Waals surface area contributed by atoms with Gasteiger partial charge in [-0.1, -0.05) is 47.5 Å². The lowest BCUT2D eigenvalue weighted by Crippen LogP contribution is -2.55. The van der Waals surface area contributed by atoms with E-state index in [0.717, 1.165) is 10.8 Å². The van der Waals surface area contributed by atoms with E-state index in [4.69, 9.17) is 23.2 Å². The molecule has 2 saturated heterocycles. The number of aliphatic imine (C=N–C) groups is 1. The quantitative estimate of drug-likeness (QED) is 0.443. The number of alkyl halides is 2. The van der Waals surface area contributed by atoms with E-state index >= 15 is 0 Å². The lowest BCUT2D eigenvalue weighted by molar-refractivity contribution is -0.151. The van der Waals surface area contributed by atoms with Gasteiger partial charge in [0, 0.05) is 28.6 Å². The molecule has 12 heteroatoms. The van der Waals surface area contributed by atoms with Gasteiger partial charge in [-0.15, -0.1) is 0 Å². The molecule has 0 unspecified atom stereocenters. The highest BCUT2D eigenvalue weighted by Gasteiger charge is 2.83. The maximum absolute atomic E-state index is 15.0. The minimum atomic E-state index is -3.17. The van der Waals surface area contributed by atoms with Crippen molar-refractivity contribution < 1.29 is 23.5 Å². The van der Waals surface area contributed by atoms with Crippen molar-refractivity contribution in [2.24, 2.45) is 10.9 Å². The van der Waals surface area contributed by atoms with Gasteiger partial charge in [0.2, 0.25) is 0 Å². The first-order valence-corrected chi connectivity index (χ1v) is 12.2. The van der Waals surface area contributed by atoms with Crippen molar-refractivity contribution in [1.82, 2.24) is 9.88 Å². The van der Waals surface area contributed by atoms with Crippen LogP contribution in [0, 0.1) is 5.92 Å². The number of fused-ring (bicyclic) bond motifs is 6. The number of halogens is 4. The number of hydrogen-bond donors (Lipinski definition) is 3. The summed E-state index contributed by atoms with van der Waals surface area (Å²) in [5.41, 5.74) is -3.26. The molecule has 1 aromatic heterocycles. The number of amides is 1. The fraction of sp³-hybridized carbons (Fsp3) is 0.280. The van der Waals surface area contributed by atoms with Crippen LogP contribution in [-0.2, 0) is 15.1 Å². The standard InChI is InChI=1S/C25H17Cl2F2N5O3/c26-12-7-14-17(15(27)8-12)31-22(37)25(14)18(20(35)36)24(16-9-23(28,29)10-34(16)25)21(33-24)32-19-13-4-2-1-3-11(13)5-6-30-19/h1-8,16,18H,9-10H2,(H,31,37)(H,35,36)(H,30,32,33)/t16-,18+,24-,25+/m1/s1. The number of aliphatic carboxylic acids is 1. The summed E-state index contributed by atoms with van der Waals surface area (Å²) in [5, 5.41) is 18.2. The van der Waals surface area contributed by atoms with Crippen LogP contribution in [0.1, 0.15) is 12.0 Å². The molecule has 0 bridgehead atoms. The maximum Gasteiger partial charge on any atom is 0.312 e. The van der Waals surface area contributed by atoms with Crippen molar-refractivity contribution >= 4 is 63.2 Å². The Balaban J connectivity index is 1.41. The number of carbonyl (C=O) groups excluding carboxylic acids is 1. The van der Waals surface area contributed by atoms with Gasteiger partial charge in [-0.25, -0.2) is 13.8 Å². The first-order chi connectivity index (χ1) is 17.6. The van der Waals surface area contributed by atoms with Crippen LogP contribution in [0.25, 0.3) is 10.8 Å². The van der Waals surface area contributed by atoms with Crippen LogP contribution in [0.5, 0.6) is 0 Å². The molecule has 188 valence electrons. The monoisotopic (exact) mass is 543 g/mol. The van der Waals surface area contributed by atoms with E-state index in [9.17, 15) is 23.5 Å². The summed E-state index contributed by atoms with van der Waals surface area (Å²) in [5.74, 6) is -6.17. The Kier molecular flexibility index (Phi) is 4.41. The topological polar surface area (TPSA) is 107 Å². The second-order valence-electron chi connectivity index (χ2n) is 9.80. The molecule has 0 saturated carbocycles. The fourth-order valence-corrected chi connectivity index (χ4v) is 7.12. The lowest BCUT2D eigenvalue weighted by Gasteiger charge is -2.35. The van der Waals surface area contributed by atoms with Crippen LogP contribution < -0.4 is 10.6 Å². The van der Waals surface area contributed by atoms with Gasteiger partial charge in [-0.3, -0.25) is 19.5 Å². The molecule has 4 atom stereocenters. The van der Waals surface area contributed by atoms with Crippen molar-refractivity contribution in [2.45, 2.75) is 29.5 Å². The van der Waals surface area contributed by atoms with Crippen molar-refractivity contribution in [3.8, 4) is 0 Å². The Labute approximate surface area is 218 Å². The number of anilines is 2. The molecule has 2 aromatic carbocycles. The smallest absolute Gasteiger partial charge is 0.312 e. The number of carbonyl (C=O) groups is 2. The second kappa shape index (κ2) is 7.15. The summed E-state index contributed by atoms with van der Waals surface area (Å²) in [4.78, 5) is 36.9. The molecule has 4 aliphatic rings. The van der Waals surface area contributed by atoms with Gasteiger partial charge in [0.05, 0.1) is 23.3 Å². The molecule has 4 aliphatic heterocycles. The fourth-order valence-electron chi connectivity index (χ4n) is 6.58. The van der Waals surface area contributed by atoms with Gasteiger partial charge >= 0.3 is 5.97 Å². The lowest BCUT2D eigenvalue weighted by atomic mass is 9.72. The van der Waals surface area contributed by atoms with E-state index in [-0.39, 0.29) is 27.1 Å². The molecule has 2 spiro atoms. The number of rotatable bonds is 2. The summed E-state index contributed by atoms with van der Waals surface area (Å²) < 4.78 is 29.9. The van der Waals surface area contributed by atoms with E-state index in [2.05, 4.69) is 20.6 Å². The molecule has 3 N–H and O–H groups in total. The number of pyridine rings is 1. The maximum atomic E-state index is 15.0. The third kappa shape index (κ3) is 2.80. The summed E-state index contributed by atoms with van der Waals surface area (Å²) >= 11 is 12.6. The molecule has 1 amide bonds. The minimum Gasteiger partial charge on any atom is -0.481 e. The largest absolute Gasteiger partial charge is 0.481 e. The Bertz CT molecular complexity index is 1590. The molecule has 0 aliphatic carbocycles. The minimum absolute atomic E-state index is 0.0929. The highest BCUT2D eigenvalue weighted by atomic mass is 35.5. The van der Waals surface area contributed by atoms with E-state index in [1.54, 1.807) is 6.20 Å². The first kappa shape index (κ1) is 22.8. The number of nitrogens with zero attached hydrogens (tertiary/aromatic N) is 3. The van der Waals surface area contributed by atoms with Crippen molar-refractivity contribution in [2.75, 3.05) is 17.2 Å². The van der Waals surface area contributed by atoms with E-state index in [1.807, 2.05) is 30.3 Å². The van der Waals surface area contributed by atoms with E-state index in [1.165, 1.54) is 17.0 Å². The highest BCUT2D eigenvalue weighted by Crippen LogP contribution is 2.66. The van der Waals surface area contributed by atoms with Crippen LogP contribution in [-0.4, -0.2) is 56.8 Å². The Morgan fingerprint density at radius 2 is 2.00 bits per heavy atom. The third-order valence-electron chi connectivity index (χ3n) is 7.92. The molecular weight excluding hydrogens is 527 g/mol. The molecule has 37 heavy (non-hydrogen) atoms. The number of amidine groups is 1. The van der Waals surface area contributed by atoms with Gasteiger partial charge in [0.15, 0.2) is 5.54 Å². The number of carboxylic acid groups (broad SMARTS) is 1. The molecular formula is C25H17Cl2F2N5O3. The molecule has 3 aromatic rings. The number of carboxylic acids is 1. The predicted octanol–water partition coefficient (Wildman–Crippen LogP) is 4.38. The average Bonchev–Trinajstić information content (AvgIpc) is 3.20. The van der Waals surface area contributed by atoms with Gasteiger partial charge in [0.1, 0.15) is 23.1 Å². The van der Waals surface area contributed by atoms with Crippen molar-refractivity contribution in [3.63, 3.8) is 0 Å². The van der Waals surface area contributed by atoms with Gasteiger partial charge in [0.25, 0.3) is 11.8 Å². The molecule has 7 rings (SSSR count). The van der Waals surface area contributed by atoms with Gasteiger partial charge < -0.3 is 15.7 Å². The van der Waals surface area contributed by atoms with Gasteiger partial charge in [-0.2, -0.15) is 0 Å². The van der Waals surface area contributed by atoms with Crippen LogP contribution in [0.4, 0.5) is 20.3 Å².